The van der Waals surface area contributed by atoms with Gasteiger partial charge in [-0.25, -0.2) is 23.9 Å². The minimum atomic E-state index is -5.08. The molecule has 0 radical (unpaired) electrons. The first-order valence-electron chi connectivity index (χ1n) is 11.1. The van der Waals surface area contributed by atoms with Crippen LogP contribution in [0.25, 0.3) is 0 Å². The third-order valence-electron chi connectivity index (χ3n) is 5.55. The lowest BCUT2D eigenvalue weighted by atomic mass is 9.77. The number of hydrogen-bond acceptors (Lipinski definition) is 8. The molecule has 0 aliphatic carbocycles. The molecule has 0 bridgehead atoms. The molecule has 39 heavy (non-hydrogen) atoms. The highest BCUT2D eigenvalue weighted by molar-refractivity contribution is 5.73. The van der Waals surface area contributed by atoms with Gasteiger partial charge in [0, 0.05) is 19.3 Å². The van der Waals surface area contributed by atoms with Crippen molar-refractivity contribution in [3.05, 3.63) is 42.7 Å². The highest BCUT2D eigenvalue weighted by Gasteiger charge is 2.43. The number of aliphatic carboxylic acids is 2. The summed E-state index contributed by atoms with van der Waals surface area (Å²) in [6.07, 6.45) is -1.11. The van der Waals surface area contributed by atoms with Crippen LogP contribution in [0.5, 0.6) is 5.75 Å². The Labute approximate surface area is 216 Å². The van der Waals surface area contributed by atoms with Gasteiger partial charge in [-0.2, -0.15) is 26.3 Å². The van der Waals surface area contributed by atoms with Crippen molar-refractivity contribution in [2.45, 2.75) is 37.7 Å². The fourth-order valence-electron chi connectivity index (χ4n) is 3.62. The van der Waals surface area contributed by atoms with Crippen LogP contribution < -0.4 is 9.64 Å². The molecule has 1 unspecified atom stereocenters. The van der Waals surface area contributed by atoms with Gasteiger partial charge in [0.25, 0.3) is 0 Å². The molecular formula is C22H23F7N4O6. The highest BCUT2D eigenvalue weighted by atomic mass is 19.4. The van der Waals surface area contributed by atoms with Gasteiger partial charge in [0.15, 0.2) is 5.82 Å². The van der Waals surface area contributed by atoms with E-state index in [4.69, 9.17) is 29.3 Å². The molecule has 0 amide bonds. The van der Waals surface area contributed by atoms with Crippen LogP contribution in [-0.2, 0) is 14.3 Å². The number of alkyl halides is 6. The van der Waals surface area contributed by atoms with Crippen molar-refractivity contribution >= 4 is 17.9 Å². The molecule has 10 nitrogen and oxygen atoms in total. The number of pyridine rings is 1. The quantitative estimate of drug-likeness (QED) is 0.522. The lowest BCUT2D eigenvalue weighted by Gasteiger charge is -2.38. The molecule has 1 atom stereocenters. The van der Waals surface area contributed by atoms with Crippen LogP contribution in [0.2, 0.25) is 0 Å². The predicted molar refractivity (Wildman–Crippen MR) is 117 cm³/mol. The largest absolute Gasteiger partial charge is 0.490 e. The van der Waals surface area contributed by atoms with E-state index in [1.807, 2.05) is 12.1 Å². The van der Waals surface area contributed by atoms with Gasteiger partial charge in [0.05, 0.1) is 31.3 Å². The van der Waals surface area contributed by atoms with Crippen LogP contribution in [0.4, 0.5) is 36.7 Å². The zero-order valence-electron chi connectivity index (χ0n) is 20.0. The molecule has 216 valence electrons. The average molecular weight is 572 g/mol. The Hall–Kier alpha value is -3.76. The van der Waals surface area contributed by atoms with Gasteiger partial charge in [0.2, 0.25) is 5.95 Å². The molecule has 1 spiro atoms. The van der Waals surface area contributed by atoms with Gasteiger partial charge >= 0.3 is 24.3 Å². The van der Waals surface area contributed by atoms with Crippen molar-refractivity contribution in [1.82, 2.24) is 15.0 Å². The molecule has 2 saturated heterocycles. The Morgan fingerprint density at radius 3 is 2.03 bits per heavy atom. The van der Waals surface area contributed by atoms with E-state index in [2.05, 4.69) is 19.9 Å². The number of carboxylic acid groups (broad SMARTS) is 2. The molecule has 2 aliphatic rings. The summed E-state index contributed by atoms with van der Waals surface area (Å²) in [6.45, 7) is 3.06. The second kappa shape index (κ2) is 13.3. The second-order valence-corrected chi connectivity index (χ2v) is 8.43. The summed E-state index contributed by atoms with van der Waals surface area (Å²) in [6, 6.07) is 3.76. The Bertz CT molecular complexity index is 1040. The number of ether oxygens (including phenoxy) is 2. The number of rotatable bonds is 4. The number of halogens is 7. The maximum absolute atomic E-state index is 13.0. The number of carboxylic acids is 2. The van der Waals surface area contributed by atoms with Crippen LogP contribution in [-0.4, -0.2) is 81.9 Å². The number of carbonyl (C=O) groups is 2. The summed E-state index contributed by atoms with van der Waals surface area (Å²) >= 11 is 0. The molecule has 2 fully saturated rings. The van der Waals surface area contributed by atoms with E-state index in [-0.39, 0.29) is 11.5 Å². The molecule has 2 aliphatic heterocycles. The topological polar surface area (TPSA) is 135 Å². The Morgan fingerprint density at radius 2 is 1.56 bits per heavy atom. The number of nitrogens with zero attached hydrogens (tertiary/aromatic N) is 4. The van der Waals surface area contributed by atoms with Crippen molar-refractivity contribution in [2.75, 3.05) is 31.2 Å². The van der Waals surface area contributed by atoms with Gasteiger partial charge in [-0.3, -0.25) is 4.98 Å². The lowest BCUT2D eigenvalue weighted by Crippen LogP contribution is -2.41. The summed E-state index contributed by atoms with van der Waals surface area (Å²) in [5.74, 6) is -4.54. The van der Waals surface area contributed by atoms with Gasteiger partial charge in [-0.15, -0.1) is 0 Å². The van der Waals surface area contributed by atoms with E-state index >= 15 is 0 Å². The molecule has 2 N–H and O–H groups in total. The third kappa shape index (κ3) is 10.5. The summed E-state index contributed by atoms with van der Waals surface area (Å²) in [5.41, 5.74) is 0.208. The number of piperidine rings is 1. The van der Waals surface area contributed by atoms with E-state index in [0.717, 1.165) is 44.7 Å². The molecular weight excluding hydrogens is 549 g/mol. The first kappa shape index (κ1) is 31.5. The van der Waals surface area contributed by atoms with Crippen LogP contribution in [0.1, 0.15) is 19.3 Å². The van der Waals surface area contributed by atoms with Crippen molar-refractivity contribution in [3.8, 4) is 5.75 Å². The van der Waals surface area contributed by atoms with Gasteiger partial charge < -0.3 is 24.6 Å². The number of aromatic nitrogens is 3. The Kier molecular flexibility index (Phi) is 10.8. The Morgan fingerprint density at radius 1 is 1.03 bits per heavy atom. The van der Waals surface area contributed by atoms with E-state index in [9.17, 15) is 30.7 Å². The van der Waals surface area contributed by atoms with E-state index in [0.29, 0.717) is 12.6 Å². The fourth-order valence-corrected chi connectivity index (χ4v) is 3.62. The normalized spacial score (nSPS) is 18.3. The molecule has 17 heteroatoms. The maximum Gasteiger partial charge on any atom is 0.490 e. The van der Waals surface area contributed by atoms with Crippen molar-refractivity contribution < 1.29 is 60.0 Å². The minimum Gasteiger partial charge on any atom is -0.489 e. The summed E-state index contributed by atoms with van der Waals surface area (Å²) in [4.78, 5) is 32.1. The average Bonchev–Trinajstić information content (AvgIpc) is 3.26. The van der Waals surface area contributed by atoms with Crippen LogP contribution in [0.3, 0.4) is 0 Å². The summed E-state index contributed by atoms with van der Waals surface area (Å²) < 4.78 is 88.2. The molecule has 2 aromatic rings. The van der Waals surface area contributed by atoms with E-state index in [1.54, 1.807) is 12.4 Å². The first-order valence-corrected chi connectivity index (χ1v) is 11.1. The second-order valence-electron chi connectivity index (χ2n) is 8.43. The SMILES string of the molecule is Fc1cnc(N2CCC3(CC2)COC(COc2cccnc2)C3)nc1.O=C(O)C(F)(F)F.O=C(O)C(F)(F)F. The van der Waals surface area contributed by atoms with Crippen LogP contribution in [0.15, 0.2) is 36.9 Å². The van der Waals surface area contributed by atoms with Gasteiger partial charge in [0.1, 0.15) is 12.4 Å². The fraction of sp³-hybridized carbons (Fsp3) is 0.500. The molecule has 4 heterocycles. The van der Waals surface area contributed by atoms with Crippen molar-refractivity contribution in [1.29, 1.82) is 0 Å². The van der Waals surface area contributed by atoms with Gasteiger partial charge in [-0.1, -0.05) is 0 Å². The zero-order chi connectivity index (χ0) is 29.3. The lowest BCUT2D eigenvalue weighted by molar-refractivity contribution is -0.193. The number of hydrogen-bond donors (Lipinski definition) is 2. The van der Waals surface area contributed by atoms with Crippen molar-refractivity contribution in [3.63, 3.8) is 0 Å². The standard InChI is InChI=1S/C18H21FN4O2.2C2HF3O2/c19-14-9-21-17(22-10-14)23-6-3-18(4-7-23)8-16(25-13-18)12-24-15-2-1-5-20-11-15;2*3-2(4,5)1(6)7/h1-2,5,9-11,16H,3-4,6-8,12-13H2;2*(H,6,7). The maximum atomic E-state index is 13.0. The molecule has 4 rings (SSSR count). The van der Waals surface area contributed by atoms with Crippen LogP contribution >= 0.6 is 0 Å². The van der Waals surface area contributed by atoms with E-state index in [1.165, 1.54) is 12.4 Å². The molecule has 2 aromatic heterocycles. The van der Waals surface area contributed by atoms with Gasteiger partial charge in [-0.05, 0) is 36.8 Å². The first-order chi connectivity index (χ1) is 18.1. The zero-order valence-corrected chi connectivity index (χ0v) is 20.0. The molecule has 0 saturated carbocycles. The summed E-state index contributed by atoms with van der Waals surface area (Å²) in [7, 11) is 0. The van der Waals surface area contributed by atoms with E-state index < -0.39 is 30.1 Å². The summed E-state index contributed by atoms with van der Waals surface area (Å²) in [5, 5.41) is 14.2. The highest BCUT2D eigenvalue weighted by Crippen LogP contribution is 2.42. The smallest absolute Gasteiger partial charge is 0.489 e. The Balaban J connectivity index is 0.000000317. The van der Waals surface area contributed by atoms with Crippen molar-refractivity contribution in [2.24, 2.45) is 5.41 Å². The predicted octanol–water partition coefficient (Wildman–Crippen LogP) is 3.73. The third-order valence-corrected chi connectivity index (χ3v) is 5.55. The molecule has 0 aromatic carbocycles. The number of anilines is 1. The minimum absolute atomic E-state index is 0.119. The monoisotopic (exact) mass is 572 g/mol. The van der Waals surface area contributed by atoms with Crippen LogP contribution in [0, 0.1) is 11.2 Å².